The zero-order valence-electron chi connectivity index (χ0n) is 13.2. The average Bonchev–Trinajstić information content (AvgIpc) is 2.57. The van der Waals surface area contributed by atoms with Gasteiger partial charge in [0.1, 0.15) is 18.0 Å². The van der Waals surface area contributed by atoms with E-state index in [9.17, 15) is 10.2 Å². The van der Waals surface area contributed by atoms with Gasteiger partial charge in [-0.25, -0.2) is 9.97 Å². The van der Waals surface area contributed by atoms with Crippen LogP contribution >= 0.6 is 0 Å². The first kappa shape index (κ1) is 15.5. The second-order valence-corrected chi connectivity index (χ2v) is 6.65. The van der Waals surface area contributed by atoms with Crippen molar-refractivity contribution in [3.63, 3.8) is 0 Å². The Kier molecular flexibility index (Phi) is 4.78. The van der Waals surface area contributed by atoms with Crippen LogP contribution in [0.15, 0.2) is 12.4 Å². The molecule has 1 aromatic rings. The van der Waals surface area contributed by atoms with Crippen LogP contribution in [0.1, 0.15) is 26.2 Å². The number of hydrogen-bond acceptors (Lipinski definition) is 6. The van der Waals surface area contributed by atoms with Crippen molar-refractivity contribution in [1.29, 1.82) is 0 Å². The molecule has 2 saturated heterocycles. The second-order valence-electron chi connectivity index (χ2n) is 6.65. The Bertz CT molecular complexity index is 478. The van der Waals surface area contributed by atoms with Gasteiger partial charge in [0.2, 0.25) is 0 Å². The normalized spacial score (nSPS) is 29.7. The summed E-state index contributed by atoms with van der Waals surface area (Å²) in [4.78, 5) is 13.2. The van der Waals surface area contributed by atoms with Crippen molar-refractivity contribution in [2.24, 2.45) is 11.8 Å². The Balaban J connectivity index is 1.72. The van der Waals surface area contributed by atoms with Gasteiger partial charge in [-0.15, -0.1) is 0 Å². The predicted octanol–water partition coefficient (Wildman–Crippen LogP) is 0.892. The molecule has 0 bridgehead atoms. The number of rotatable bonds is 3. The van der Waals surface area contributed by atoms with Gasteiger partial charge in [0.25, 0.3) is 0 Å². The van der Waals surface area contributed by atoms with Crippen molar-refractivity contribution in [1.82, 2.24) is 9.97 Å². The van der Waals surface area contributed by atoms with Gasteiger partial charge >= 0.3 is 0 Å². The second kappa shape index (κ2) is 6.79. The summed E-state index contributed by atoms with van der Waals surface area (Å²) in [5, 5.41) is 19.4. The molecule has 122 valence electrons. The highest BCUT2D eigenvalue weighted by molar-refractivity contribution is 5.50. The molecule has 0 aromatic carbocycles. The molecule has 2 fully saturated rings. The van der Waals surface area contributed by atoms with E-state index in [4.69, 9.17) is 0 Å². The van der Waals surface area contributed by atoms with Crippen LogP contribution in [0.2, 0.25) is 0 Å². The fourth-order valence-electron chi connectivity index (χ4n) is 3.36. The molecular weight excluding hydrogens is 280 g/mol. The number of aromatic nitrogens is 2. The van der Waals surface area contributed by atoms with Crippen LogP contribution in [0, 0.1) is 11.8 Å². The maximum Gasteiger partial charge on any atom is 0.134 e. The maximum absolute atomic E-state index is 10.1. The van der Waals surface area contributed by atoms with E-state index in [0.717, 1.165) is 50.5 Å². The quantitative estimate of drug-likeness (QED) is 0.864. The number of piperidine rings is 2. The molecule has 6 nitrogen and oxygen atoms in total. The molecule has 0 amide bonds. The highest BCUT2D eigenvalue weighted by atomic mass is 16.3. The molecule has 1 aromatic heterocycles. The highest BCUT2D eigenvalue weighted by Gasteiger charge is 2.26. The van der Waals surface area contributed by atoms with E-state index in [1.807, 2.05) is 6.07 Å². The van der Waals surface area contributed by atoms with E-state index in [1.54, 1.807) is 6.33 Å². The lowest BCUT2D eigenvalue weighted by atomic mass is 9.96. The van der Waals surface area contributed by atoms with E-state index in [1.165, 1.54) is 0 Å². The first-order valence-corrected chi connectivity index (χ1v) is 8.28. The van der Waals surface area contributed by atoms with Crippen LogP contribution in [0.4, 0.5) is 11.6 Å². The summed E-state index contributed by atoms with van der Waals surface area (Å²) >= 11 is 0. The number of aliphatic hydroxyl groups is 2. The summed E-state index contributed by atoms with van der Waals surface area (Å²) in [5.41, 5.74) is 0. The van der Waals surface area contributed by atoms with Crippen LogP contribution < -0.4 is 9.80 Å². The lowest BCUT2D eigenvalue weighted by molar-refractivity contribution is 0.102. The molecule has 0 radical (unpaired) electrons. The average molecular weight is 306 g/mol. The minimum atomic E-state index is -0.291. The molecular formula is C16H26N4O2. The van der Waals surface area contributed by atoms with Gasteiger partial charge in [0, 0.05) is 38.9 Å². The smallest absolute Gasteiger partial charge is 0.134 e. The minimum Gasteiger partial charge on any atom is -0.396 e. The van der Waals surface area contributed by atoms with E-state index in [0.29, 0.717) is 18.4 Å². The predicted molar refractivity (Wildman–Crippen MR) is 86.1 cm³/mol. The molecule has 2 aliphatic heterocycles. The number of anilines is 2. The van der Waals surface area contributed by atoms with E-state index >= 15 is 0 Å². The standard InChI is InChI=1S/C16H26N4O2/c1-12-4-6-20(9-14(12)22)16-7-15(17-11-18-16)19-5-2-3-13(8-19)10-21/h7,11-14,21-22H,2-6,8-10H2,1H3. The molecule has 0 spiro atoms. The van der Waals surface area contributed by atoms with Crippen LogP contribution in [0.5, 0.6) is 0 Å². The first-order chi connectivity index (χ1) is 10.7. The fourth-order valence-corrected chi connectivity index (χ4v) is 3.36. The third-order valence-corrected chi connectivity index (χ3v) is 4.98. The molecule has 3 atom stereocenters. The molecule has 22 heavy (non-hydrogen) atoms. The summed E-state index contributed by atoms with van der Waals surface area (Å²) in [6.07, 6.45) is 4.47. The zero-order valence-corrected chi connectivity index (χ0v) is 13.2. The van der Waals surface area contributed by atoms with Crippen LogP contribution in [-0.4, -0.2) is 59.1 Å². The van der Waals surface area contributed by atoms with E-state index < -0.39 is 0 Å². The summed E-state index contributed by atoms with van der Waals surface area (Å²) < 4.78 is 0. The lowest BCUT2D eigenvalue weighted by Gasteiger charge is -2.36. The molecule has 3 heterocycles. The summed E-state index contributed by atoms with van der Waals surface area (Å²) in [6, 6.07) is 2.02. The highest BCUT2D eigenvalue weighted by Crippen LogP contribution is 2.26. The van der Waals surface area contributed by atoms with Crippen molar-refractivity contribution in [3.05, 3.63) is 12.4 Å². The van der Waals surface area contributed by atoms with Crippen molar-refractivity contribution in [2.75, 3.05) is 42.6 Å². The van der Waals surface area contributed by atoms with Gasteiger partial charge in [-0.05, 0) is 31.1 Å². The van der Waals surface area contributed by atoms with Crippen molar-refractivity contribution < 1.29 is 10.2 Å². The van der Waals surface area contributed by atoms with E-state index in [2.05, 4.69) is 26.7 Å². The van der Waals surface area contributed by atoms with Gasteiger partial charge < -0.3 is 20.0 Å². The fraction of sp³-hybridized carbons (Fsp3) is 0.750. The molecule has 0 saturated carbocycles. The van der Waals surface area contributed by atoms with Crippen LogP contribution in [0.3, 0.4) is 0 Å². The SMILES string of the molecule is CC1CCN(c2cc(N3CCCC(CO)C3)ncn2)CC1O. The largest absolute Gasteiger partial charge is 0.396 e. The van der Waals surface area contributed by atoms with Gasteiger partial charge in [-0.3, -0.25) is 0 Å². The Morgan fingerprint density at radius 1 is 1.14 bits per heavy atom. The third-order valence-electron chi connectivity index (χ3n) is 4.98. The Morgan fingerprint density at radius 3 is 2.55 bits per heavy atom. The molecule has 2 aliphatic rings. The number of hydrogen-bond donors (Lipinski definition) is 2. The number of nitrogens with zero attached hydrogens (tertiary/aromatic N) is 4. The monoisotopic (exact) mass is 306 g/mol. The first-order valence-electron chi connectivity index (χ1n) is 8.28. The topological polar surface area (TPSA) is 72.7 Å². The minimum absolute atomic E-state index is 0.241. The molecule has 0 aliphatic carbocycles. The molecule has 2 N–H and O–H groups in total. The van der Waals surface area contributed by atoms with Crippen molar-refractivity contribution >= 4 is 11.6 Å². The van der Waals surface area contributed by atoms with Crippen molar-refractivity contribution in [2.45, 2.75) is 32.3 Å². The van der Waals surface area contributed by atoms with Gasteiger partial charge in [0.05, 0.1) is 6.10 Å². The Morgan fingerprint density at radius 2 is 1.86 bits per heavy atom. The molecule has 3 rings (SSSR count). The summed E-state index contributed by atoms with van der Waals surface area (Å²) in [6.45, 7) is 5.73. The third kappa shape index (κ3) is 3.33. The number of aliphatic hydroxyl groups excluding tert-OH is 2. The van der Waals surface area contributed by atoms with Crippen LogP contribution in [0.25, 0.3) is 0 Å². The summed E-state index contributed by atoms with van der Waals surface area (Å²) in [7, 11) is 0. The maximum atomic E-state index is 10.1. The zero-order chi connectivity index (χ0) is 15.5. The summed E-state index contributed by atoms with van der Waals surface area (Å²) in [5.74, 6) is 2.51. The Hall–Kier alpha value is -1.40. The number of β-amino-alcohol motifs (C(OH)–C–C–N with tert-alkyl or cyclic N) is 1. The van der Waals surface area contributed by atoms with Crippen molar-refractivity contribution in [3.8, 4) is 0 Å². The molecule has 6 heteroatoms. The van der Waals surface area contributed by atoms with E-state index in [-0.39, 0.29) is 12.7 Å². The lowest BCUT2D eigenvalue weighted by Crippen LogP contribution is -2.43. The molecule has 3 unspecified atom stereocenters. The van der Waals surface area contributed by atoms with Gasteiger partial charge in [0.15, 0.2) is 0 Å². The Labute approximate surface area is 131 Å². The van der Waals surface area contributed by atoms with Gasteiger partial charge in [-0.1, -0.05) is 6.92 Å². The van der Waals surface area contributed by atoms with Gasteiger partial charge in [-0.2, -0.15) is 0 Å². The van der Waals surface area contributed by atoms with Crippen LogP contribution in [-0.2, 0) is 0 Å².